The topological polar surface area (TPSA) is 51.2 Å². The third-order valence-corrected chi connectivity index (χ3v) is 4.90. The molecule has 0 aliphatic heterocycles. The van der Waals surface area contributed by atoms with Gasteiger partial charge in [0.05, 0.1) is 13.2 Å². The van der Waals surface area contributed by atoms with Crippen LogP contribution >= 0.6 is 22.7 Å². The molecule has 0 spiro atoms. The highest BCUT2D eigenvalue weighted by Gasteiger charge is 2.16. The van der Waals surface area contributed by atoms with Gasteiger partial charge in [-0.1, -0.05) is 6.92 Å². The lowest BCUT2D eigenvalue weighted by Gasteiger charge is -1.99. The fraction of sp³-hybridized carbons (Fsp3) is 0.429. The molecule has 0 aliphatic rings. The van der Waals surface area contributed by atoms with Crippen molar-refractivity contribution in [3.05, 3.63) is 32.5 Å². The van der Waals surface area contributed by atoms with E-state index in [-0.39, 0.29) is 5.97 Å². The Kier molecular flexibility index (Phi) is 5.14. The lowest BCUT2D eigenvalue weighted by atomic mass is 10.4. The maximum absolute atomic E-state index is 11.7. The van der Waals surface area contributed by atoms with E-state index in [1.54, 1.807) is 18.3 Å². The number of esters is 1. The molecular formula is C14H18N2O2S2. The predicted octanol–water partition coefficient (Wildman–Crippen LogP) is 3.86. The second-order valence-corrected chi connectivity index (χ2v) is 6.68. The van der Waals surface area contributed by atoms with E-state index in [0.29, 0.717) is 12.3 Å². The van der Waals surface area contributed by atoms with E-state index < -0.39 is 0 Å². The molecule has 0 amide bonds. The van der Waals surface area contributed by atoms with Gasteiger partial charge in [0.1, 0.15) is 0 Å². The van der Waals surface area contributed by atoms with Gasteiger partial charge in [-0.3, -0.25) is 0 Å². The van der Waals surface area contributed by atoms with Crippen LogP contribution < -0.4 is 5.32 Å². The van der Waals surface area contributed by atoms with E-state index >= 15 is 0 Å². The molecule has 6 heteroatoms. The van der Waals surface area contributed by atoms with Crippen molar-refractivity contribution >= 4 is 33.8 Å². The molecule has 0 radical (unpaired) electrons. The van der Waals surface area contributed by atoms with Crippen molar-refractivity contribution < 1.29 is 9.53 Å². The number of thiazole rings is 1. The monoisotopic (exact) mass is 310 g/mol. The van der Waals surface area contributed by atoms with Crippen LogP contribution in [0.2, 0.25) is 0 Å². The first-order valence-corrected chi connectivity index (χ1v) is 8.23. The molecule has 1 N–H and O–H groups in total. The van der Waals surface area contributed by atoms with Gasteiger partial charge in [-0.05, 0) is 32.4 Å². The minimum absolute atomic E-state index is 0.348. The minimum Gasteiger partial charge on any atom is -0.461 e. The Labute approximate surface area is 126 Å². The molecule has 2 aromatic rings. The van der Waals surface area contributed by atoms with Crippen LogP contribution in [-0.2, 0) is 17.7 Å². The Hall–Kier alpha value is -1.40. The Balaban J connectivity index is 1.99. The molecule has 0 bridgehead atoms. The highest BCUT2D eigenvalue weighted by Crippen LogP contribution is 2.24. The minimum atomic E-state index is -0.348. The molecule has 0 saturated heterocycles. The highest BCUT2D eigenvalue weighted by molar-refractivity contribution is 7.15. The third kappa shape index (κ3) is 3.58. The van der Waals surface area contributed by atoms with Crippen LogP contribution in [0.25, 0.3) is 0 Å². The number of carbonyl (C=O) groups excluding carboxylic acids is 1. The molecule has 0 fully saturated rings. The number of carbonyl (C=O) groups is 1. The van der Waals surface area contributed by atoms with Gasteiger partial charge in [0.15, 0.2) is 10.8 Å². The van der Waals surface area contributed by atoms with E-state index in [1.165, 1.54) is 21.1 Å². The van der Waals surface area contributed by atoms with Crippen molar-refractivity contribution in [2.45, 2.75) is 33.7 Å². The number of thiophene rings is 1. The average molecular weight is 310 g/mol. The maximum Gasteiger partial charge on any atom is 0.358 e. The number of anilines is 1. The van der Waals surface area contributed by atoms with Crippen molar-refractivity contribution in [2.24, 2.45) is 0 Å². The van der Waals surface area contributed by atoms with Crippen LogP contribution in [0.15, 0.2) is 12.1 Å². The summed E-state index contributed by atoms with van der Waals surface area (Å²) in [6.45, 7) is 6.93. The molecule has 0 atom stereocenters. The lowest BCUT2D eigenvalue weighted by Crippen LogP contribution is -2.07. The van der Waals surface area contributed by atoms with Gasteiger partial charge in [0.2, 0.25) is 0 Å². The molecule has 20 heavy (non-hydrogen) atoms. The van der Waals surface area contributed by atoms with Crippen molar-refractivity contribution in [3.8, 4) is 0 Å². The van der Waals surface area contributed by atoms with E-state index in [0.717, 1.165) is 23.0 Å². The molecule has 2 heterocycles. The van der Waals surface area contributed by atoms with Gasteiger partial charge >= 0.3 is 5.97 Å². The fourth-order valence-electron chi connectivity index (χ4n) is 1.73. The standard InChI is InChI=1S/C14H18N2O2S2/c1-4-10-6-7-11(20-10)8-15-14-16-12(9(3)19-14)13(17)18-5-2/h6-7H,4-5,8H2,1-3H3,(H,15,16). The number of hydrogen-bond donors (Lipinski definition) is 1. The molecule has 2 aromatic heterocycles. The zero-order chi connectivity index (χ0) is 14.5. The lowest BCUT2D eigenvalue weighted by molar-refractivity contribution is 0.0519. The summed E-state index contributed by atoms with van der Waals surface area (Å²) in [5, 5.41) is 4.03. The van der Waals surface area contributed by atoms with Crippen LogP contribution in [0.1, 0.15) is 39.0 Å². The summed E-state index contributed by atoms with van der Waals surface area (Å²) >= 11 is 3.28. The first-order chi connectivity index (χ1) is 9.63. The Morgan fingerprint density at radius 3 is 2.70 bits per heavy atom. The van der Waals surface area contributed by atoms with Gasteiger partial charge in [-0.15, -0.1) is 22.7 Å². The van der Waals surface area contributed by atoms with Crippen LogP contribution in [0.5, 0.6) is 0 Å². The molecular weight excluding hydrogens is 292 g/mol. The van der Waals surface area contributed by atoms with Gasteiger partial charge < -0.3 is 10.1 Å². The predicted molar refractivity (Wildman–Crippen MR) is 83.8 cm³/mol. The van der Waals surface area contributed by atoms with Crippen LogP contribution in [0, 0.1) is 6.92 Å². The number of ether oxygens (including phenoxy) is 1. The van der Waals surface area contributed by atoms with Gasteiger partial charge in [-0.25, -0.2) is 9.78 Å². The average Bonchev–Trinajstić information content (AvgIpc) is 3.03. The number of aryl methyl sites for hydroxylation is 2. The summed E-state index contributed by atoms with van der Waals surface area (Å²) < 4.78 is 4.98. The summed E-state index contributed by atoms with van der Waals surface area (Å²) in [6, 6.07) is 4.28. The summed E-state index contributed by atoms with van der Waals surface area (Å²) in [6.07, 6.45) is 1.06. The normalized spacial score (nSPS) is 10.6. The van der Waals surface area contributed by atoms with Crippen LogP contribution in [0.3, 0.4) is 0 Å². The fourth-order valence-corrected chi connectivity index (χ4v) is 3.43. The summed E-state index contributed by atoms with van der Waals surface area (Å²) in [5.74, 6) is -0.348. The van der Waals surface area contributed by atoms with Crippen LogP contribution in [-0.4, -0.2) is 17.6 Å². The van der Waals surface area contributed by atoms with Crippen LogP contribution in [0.4, 0.5) is 5.13 Å². The van der Waals surface area contributed by atoms with Gasteiger partial charge in [0.25, 0.3) is 0 Å². The quantitative estimate of drug-likeness (QED) is 0.823. The first kappa shape index (κ1) is 15.0. The molecule has 2 rings (SSSR count). The third-order valence-electron chi connectivity index (χ3n) is 2.74. The molecule has 0 aromatic carbocycles. The summed E-state index contributed by atoms with van der Waals surface area (Å²) in [7, 11) is 0. The van der Waals surface area contributed by atoms with Crippen molar-refractivity contribution in [1.29, 1.82) is 0 Å². The van der Waals surface area contributed by atoms with Gasteiger partial charge in [-0.2, -0.15) is 0 Å². The second-order valence-electron chi connectivity index (χ2n) is 4.22. The zero-order valence-electron chi connectivity index (χ0n) is 11.9. The van der Waals surface area contributed by atoms with Gasteiger partial charge in [0, 0.05) is 14.6 Å². The number of rotatable bonds is 6. The summed E-state index contributed by atoms with van der Waals surface area (Å²) in [4.78, 5) is 19.5. The van der Waals surface area contributed by atoms with Crippen molar-refractivity contribution in [1.82, 2.24) is 4.98 Å². The Morgan fingerprint density at radius 1 is 1.30 bits per heavy atom. The largest absolute Gasteiger partial charge is 0.461 e. The Bertz CT molecular complexity index is 590. The number of aromatic nitrogens is 1. The molecule has 4 nitrogen and oxygen atoms in total. The molecule has 108 valence electrons. The number of nitrogens with one attached hydrogen (secondary N) is 1. The van der Waals surface area contributed by atoms with E-state index in [4.69, 9.17) is 4.74 Å². The smallest absolute Gasteiger partial charge is 0.358 e. The molecule has 0 saturated carbocycles. The van der Waals surface area contributed by atoms with Crippen molar-refractivity contribution in [3.63, 3.8) is 0 Å². The number of hydrogen-bond acceptors (Lipinski definition) is 6. The summed E-state index contributed by atoms with van der Waals surface area (Å²) in [5.41, 5.74) is 0.416. The van der Waals surface area contributed by atoms with E-state index in [9.17, 15) is 4.79 Å². The Morgan fingerprint density at radius 2 is 2.05 bits per heavy atom. The SMILES string of the molecule is CCOC(=O)c1nc(NCc2ccc(CC)s2)sc1C. The number of nitrogens with zero attached hydrogens (tertiary/aromatic N) is 1. The maximum atomic E-state index is 11.7. The van der Waals surface area contributed by atoms with E-state index in [1.807, 2.05) is 6.92 Å². The molecule has 0 aliphatic carbocycles. The zero-order valence-corrected chi connectivity index (χ0v) is 13.5. The highest BCUT2D eigenvalue weighted by atomic mass is 32.1. The second kappa shape index (κ2) is 6.85. The van der Waals surface area contributed by atoms with E-state index in [2.05, 4.69) is 29.4 Å². The van der Waals surface area contributed by atoms with Crippen molar-refractivity contribution in [2.75, 3.05) is 11.9 Å². The first-order valence-electron chi connectivity index (χ1n) is 6.60. The molecule has 0 unspecified atom stereocenters.